The maximum atomic E-state index is 3.55. The van der Waals surface area contributed by atoms with Crippen LogP contribution in [0.25, 0.3) is 0 Å². The standard InChI is InChI=1S/C10H13NS.ClH/c1-3-10(4-1)7-11-9(10)8-2-5-12-6-8;/h2,5-6,9,11H,1,3-4,7H2;1H. The van der Waals surface area contributed by atoms with Gasteiger partial charge in [-0.15, -0.1) is 12.4 Å². The molecule has 72 valence electrons. The third-order valence-corrected chi connectivity index (χ3v) is 4.20. The van der Waals surface area contributed by atoms with Crippen molar-refractivity contribution in [1.29, 1.82) is 0 Å². The minimum absolute atomic E-state index is 0. The lowest BCUT2D eigenvalue weighted by atomic mass is 9.58. The van der Waals surface area contributed by atoms with E-state index < -0.39 is 0 Å². The summed E-state index contributed by atoms with van der Waals surface area (Å²) in [5.41, 5.74) is 2.20. The maximum absolute atomic E-state index is 3.55. The fraction of sp³-hybridized carbons (Fsp3) is 0.600. The lowest BCUT2D eigenvalue weighted by molar-refractivity contribution is -0.00543. The van der Waals surface area contributed by atoms with E-state index in [9.17, 15) is 0 Å². The molecule has 1 aromatic heterocycles. The number of rotatable bonds is 1. The molecule has 2 heterocycles. The lowest BCUT2D eigenvalue weighted by Gasteiger charge is -2.56. The summed E-state index contributed by atoms with van der Waals surface area (Å²) >= 11 is 1.81. The molecule has 0 amide bonds. The largest absolute Gasteiger partial charge is 0.309 e. The molecule has 1 saturated carbocycles. The van der Waals surface area contributed by atoms with E-state index in [0.717, 1.165) is 0 Å². The number of halogens is 1. The minimum atomic E-state index is 0. The zero-order valence-corrected chi connectivity index (χ0v) is 9.09. The zero-order chi connectivity index (χ0) is 8.02. The Kier molecular flexibility index (Phi) is 2.39. The Bertz CT molecular complexity index is 274. The highest BCUT2D eigenvalue weighted by atomic mass is 35.5. The molecular formula is C10H14ClNS. The molecule has 2 fully saturated rings. The van der Waals surface area contributed by atoms with Gasteiger partial charge in [0.1, 0.15) is 0 Å². The molecular weight excluding hydrogens is 202 g/mol. The predicted octanol–water partition coefficient (Wildman–Crippen LogP) is 2.98. The number of hydrogen-bond acceptors (Lipinski definition) is 2. The zero-order valence-electron chi connectivity index (χ0n) is 7.45. The predicted molar refractivity (Wildman–Crippen MR) is 58.6 cm³/mol. The fourth-order valence-electron chi connectivity index (χ4n) is 2.50. The molecule has 0 aromatic carbocycles. The second-order valence-corrected chi connectivity index (χ2v) is 4.87. The Balaban J connectivity index is 0.000000653. The van der Waals surface area contributed by atoms with E-state index in [0.29, 0.717) is 11.5 Å². The molecule has 1 saturated heterocycles. The summed E-state index contributed by atoms with van der Waals surface area (Å²) in [7, 11) is 0. The van der Waals surface area contributed by atoms with Gasteiger partial charge in [-0.1, -0.05) is 6.42 Å². The third-order valence-electron chi connectivity index (χ3n) is 3.50. The van der Waals surface area contributed by atoms with Crippen molar-refractivity contribution in [3.63, 3.8) is 0 Å². The average Bonchev–Trinajstić information content (AvgIpc) is 2.33. The van der Waals surface area contributed by atoms with Crippen LogP contribution in [0.5, 0.6) is 0 Å². The average molecular weight is 216 g/mol. The molecule has 0 radical (unpaired) electrons. The molecule has 3 rings (SSSR count). The van der Waals surface area contributed by atoms with Crippen LogP contribution >= 0.6 is 23.7 Å². The van der Waals surface area contributed by atoms with Crippen molar-refractivity contribution in [1.82, 2.24) is 5.32 Å². The quantitative estimate of drug-likeness (QED) is 0.760. The Morgan fingerprint density at radius 2 is 2.31 bits per heavy atom. The molecule has 1 N–H and O–H groups in total. The molecule has 13 heavy (non-hydrogen) atoms. The van der Waals surface area contributed by atoms with Gasteiger partial charge in [0.25, 0.3) is 0 Å². The van der Waals surface area contributed by atoms with Crippen molar-refractivity contribution in [3.8, 4) is 0 Å². The number of hydrogen-bond donors (Lipinski definition) is 1. The summed E-state index contributed by atoms with van der Waals surface area (Å²) in [6.45, 7) is 1.26. The highest BCUT2D eigenvalue weighted by Gasteiger charge is 2.51. The summed E-state index contributed by atoms with van der Waals surface area (Å²) in [5, 5.41) is 8.02. The van der Waals surface area contributed by atoms with Crippen LogP contribution in [-0.2, 0) is 0 Å². The van der Waals surface area contributed by atoms with Gasteiger partial charge < -0.3 is 5.32 Å². The highest BCUT2D eigenvalue weighted by molar-refractivity contribution is 7.07. The second-order valence-electron chi connectivity index (χ2n) is 4.09. The van der Waals surface area contributed by atoms with E-state index in [2.05, 4.69) is 22.1 Å². The molecule has 3 heteroatoms. The van der Waals surface area contributed by atoms with E-state index in [-0.39, 0.29) is 12.4 Å². The fourth-order valence-corrected chi connectivity index (χ4v) is 3.19. The van der Waals surface area contributed by atoms with Gasteiger partial charge in [-0.25, -0.2) is 0 Å². The van der Waals surface area contributed by atoms with Crippen LogP contribution in [0.2, 0.25) is 0 Å². The van der Waals surface area contributed by atoms with E-state index in [1.54, 1.807) is 0 Å². The van der Waals surface area contributed by atoms with Crippen LogP contribution in [-0.4, -0.2) is 6.54 Å². The van der Waals surface area contributed by atoms with Gasteiger partial charge in [-0.3, -0.25) is 0 Å². The van der Waals surface area contributed by atoms with Crippen LogP contribution in [0.4, 0.5) is 0 Å². The van der Waals surface area contributed by atoms with Crippen molar-refractivity contribution in [2.75, 3.05) is 6.54 Å². The molecule has 1 unspecified atom stereocenters. The molecule has 1 aromatic rings. The first-order chi connectivity index (χ1) is 5.91. The van der Waals surface area contributed by atoms with E-state index in [4.69, 9.17) is 0 Å². The van der Waals surface area contributed by atoms with Crippen LogP contribution in [0.15, 0.2) is 16.8 Å². The second kappa shape index (κ2) is 3.26. The summed E-state index contributed by atoms with van der Waals surface area (Å²) in [4.78, 5) is 0. The molecule has 0 bridgehead atoms. The van der Waals surface area contributed by atoms with Gasteiger partial charge in [-0.05, 0) is 35.2 Å². The summed E-state index contributed by atoms with van der Waals surface area (Å²) in [6, 6.07) is 2.96. The van der Waals surface area contributed by atoms with Crippen molar-refractivity contribution >= 4 is 23.7 Å². The van der Waals surface area contributed by atoms with Gasteiger partial charge in [0.05, 0.1) is 0 Å². The van der Waals surface area contributed by atoms with Crippen molar-refractivity contribution in [3.05, 3.63) is 22.4 Å². The maximum Gasteiger partial charge on any atom is 0.0397 e. The first kappa shape index (κ1) is 9.50. The summed E-state index contributed by atoms with van der Waals surface area (Å²) < 4.78 is 0. The van der Waals surface area contributed by atoms with Crippen LogP contribution in [0, 0.1) is 5.41 Å². The number of thiophene rings is 1. The topological polar surface area (TPSA) is 12.0 Å². The summed E-state index contributed by atoms with van der Waals surface area (Å²) in [6.07, 6.45) is 4.34. The van der Waals surface area contributed by atoms with E-state index in [1.165, 1.54) is 31.4 Å². The van der Waals surface area contributed by atoms with Crippen molar-refractivity contribution in [2.24, 2.45) is 5.41 Å². The highest BCUT2D eigenvalue weighted by Crippen LogP contribution is 2.55. The smallest absolute Gasteiger partial charge is 0.0397 e. The Morgan fingerprint density at radius 3 is 2.69 bits per heavy atom. The summed E-state index contributed by atoms with van der Waals surface area (Å²) in [5.74, 6) is 0. The van der Waals surface area contributed by atoms with Crippen LogP contribution in [0.3, 0.4) is 0 Å². The molecule has 1 spiro atoms. The van der Waals surface area contributed by atoms with Gasteiger partial charge >= 0.3 is 0 Å². The molecule has 1 atom stereocenters. The third kappa shape index (κ3) is 1.24. The molecule has 2 aliphatic rings. The van der Waals surface area contributed by atoms with Crippen LogP contribution in [0.1, 0.15) is 30.9 Å². The Hall–Kier alpha value is -0.0500. The minimum Gasteiger partial charge on any atom is -0.309 e. The monoisotopic (exact) mass is 215 g/mol. The van der Waals surface area contributed by atoms with Gasteiger partial charge in [0.2, 0.25) is 0 Å². The molecule has 1 aliphatic heterocycles. The van der Waals surface area contributed by atoms with Gasteiger partial charge in [0, 0.05) is 18.0 Å². The first-order valence-electron chi connectivity index (χ1n) is 4.66. The Labute approximate surface area is 89.0 Å². The van der Waals surface area contributed by atoms with Crippen molar-refractivity contribution < 1.29 is 0 Å². The normalized spacial score (nSPS) is 28.8. The SMILES string of the molecule is Cl.c1cc(C2NCC23CCC3)cs1. The van der Waals surface area contributed by atoms with Gasteiger partial charge in [0.15, 0.2) is 0 Å². The first-order valence-corrected chi connectivity index (χ1v) is 5.61. The van der Waals surface area contributed by atoms with Crippen LogP contribution < -0.4 is 5.32 Å². The van der Waals surface area contributed by atoms with E-state index >= 15 is 0 Å². The van der Waals surface area contributed by atoms with E-state index in [1.807, 2.05) is 11.3 Å². The molecule has 1 aliphatic carbocycles. The number of nitrogens with one attached hydrogen (secondary N) is 1. The molecule has 1 nitrogen and oxygen atoms in total. The lowest BCUT2D eigenvalue weighted by Crippen LogP contribution is -2.59. The Morgan fingerprint density at radius 1 is 1.46 bits per heavy atom. The van der Waals surface area contributed by atoms with Crippen molar-refractivity contribution in [2.45, 2.75) is 25.3 Å². The van der Waals surface area contributed by atoms with Gasteiger partial charge in [-0.2, -0.15) is 11.3 Å².